The first-order chi connectivity index (χ1) is 12.1. The minimum Gasteiger partial charge on any atom is -0.370 e. The quantitative estimate of drug-likeness (QED) is 0.811. The predicted molar refractivity (Wildman–Crippen MR) is 91.2 cm³/mol. The van der Waals surface area contributed by atoms with Crippen LogP contribution in [0.5, 0.6) is 0 Å². The minimum absolute atomic E-state index is 0.186. The summed E-state index contributed by atoms with van der Waals surface area (Å²) < 4.78 is 41.0. The van der Waals surface area contributed by atoms with Crippen molar-refractivity contribution in [3.05, 3.63) is 23.2 Å². The molecule has 0 radical (unpaired) electrons. The fraction of sp³-hybridized carbons (Fsp3) is 0.500. The van der Waals surface area contributed by atoms with E-state index in [1.165, 1.54) is 16.7 Å². The molecule has 0 bridgehead atoms. The third kappa shape index (κ3) is 3.65. The first kappa shape index (κ1) is 19.3. The molecule has 0 saturated carbocycles. The van der Waals surface area contributed by atoms with E-state index in [9.17, 15) is 22.8 Å². The van der Waals surface area contributed by atoms with Crippen LogP contribution in [0.1, 0.15) is 19.8 Å². The third-order valence-corrected chi connectivity index (χ3v) is 5.80. The lowest BCUT2D eigenvalue weighted by Gasteiger charge is -2.31. The highest BCUT2D eigenvalue weighted by Crippen LogP contribution is 2.56. The molecule has 142 valence electrons. The van der Waals surface area contributed by atoms with Crippen molar-refractivity contribution >= 4 is 40.9 Å². The Balaban J connectivity index is 1.71. The standard InChI is InChI=1S/C16H16ClF3N2O3S/c1-9(7-25-8-16(18,19)20)21-14(24)15-5-4-13(23)22(15)11-6-10(17)2-3-12(11)26-15/h2-3,6,9H,4-5,7-8H2,1H3,(H,21,24)/t9-,15+/m0/s1. The molecule has 1 fully saturated rings. The van der Waals surface area contributed by atoms with Crippen LogP contribution in [0.2, 0.25) is 5.02 Å². The van der Waals surface area contributed by atoms with Crippen LogP contribution in [-0.4, -0.2) is 42.1 Å². The van der Waals surface area contributed by atoms with Gasteiger partial charge in [-0.25, -0.2) is 0 Å². The van der Waals surface area contributed by atoms with Crippen LogP contribution >= 0.6 is 23.4 Å². The maximum atomic E-state index is 12.9. The van der Waals surface area contributed by atoms with Crippen LogP contribution in [0, 0.1) is 0 Å². The molecule has 1 N–H and O–H groups in total. The average Bonchev–Trinajstić information content (AvgIpc) is 3.02. The van der Waals surface area contributed by atoms with E-state index in [1.807, 2.05) is 0 Å². The Morgan fingerprint density at radius 1 is 1.50 bits per heavy atom. The van der Waals surface area contributed by atoms with Gasteiger partial charge in [-0.05, 0) is 31.5 Å². The Morgan fingerprint density at radius 3 is 2.92 bits per heavy atom. The van der Waals surface area contributed by atoms with Crippen LogP contribution in [-0.2, 0) is 14.3 Å². The molecule has 2 heterocycles. The van der Waals surface area contributed by atoms with E-state index in [0.717, 1.165) is 4.90 Å². The van der Waals surface area contributed by atoms with E-state index in [2.05, 4.69) is 10.1 Å². The van der Waals surface area contributed by atoms with Gasteiger partial charge in [0.15, 0.2) is 4.87 Å². The van der Waals surface area contributed by atoms with Crippen molar-refractivity contribution in [2.45, 2.75) is 41.7 Å². The Kier molecular flexibility index (Phi) is 5.15. The van der Waals surface area contributed by atoms with Gasteiger partial charge in [-0.15, -0.1) is 0 Å². The van der Waals surface area contributed by atoms with Crippen molar-refractivity contribution in [1.82, 2.24) is 5.32 Å². The summed E-state index contributed by atoms with van der Waals surface area (Å²) in [5, 5.41) is 3.11. The van der Waals surface area contributed by atoms with Gasteiger partial charge in [0.2, 0.25) is 5.91 Å². The normalized spacial score (nSPS) is 23.0. The molecule has 10 heteroatoms. The van der Waals surface area contributed by atoms with Crippen molar-refractivity contribution < 1.29 is 27.5 Å². The second-order valence-electron chi connectivity index (χ2n) is 6.23. The summed E-state index contributed by atoms with van der Waals surface area (Å²) in [4.78, 5) is 26.3. The molecule has 0 unspecified atom stereocenters. The number of nitrogens with zero attached hydrogens (tertiary/aromatic N) is 1. The number of hydrogen-bond acceptors (Lipinski definition) is 4. The van der Waals surface area contributed by atoms with Gasteiger partial charge in [0.25, 0.3) is 5.91 Å². The second-order valence-corrected chi connectivity index (χ2v) is 7.99. The molecule has 2 aliphatic rings. The molecule has 1 saturated heterocycles. The molecule has 1 aromatic rings. The van der Waals surface area contributed by atoms with Gasteiger partial charge in [-0.1, -0.05) is 23.4 Å². The number of rotatable bonds is 5. The van der Waals surface area contributed by atoms with E-state index in [4.69, 9.17) is 11.6 Å². The first-order valence-corrected chi connectivity index (χ1v) is 9.09. The summed E-state index contributed by atoms with van der Waals surface area (Å²) >= 11 is 7.27. The Bertz CT molecular complexity index is 746. The van der Waals surface area contributed by atoms with Gasteiger partial charge in [-0.3, -0.25) is 14.5 Å². The van der Waals surface area contributed by atoms with Crippen molar-refractivity contribution in [3.63, 3.8) is 0 Å². The molecule has 26 heavy (non-hydrogen) atoms. The van der Waals surface area contributed by atoms with Crippen molar-refractivity contribution in [2.24, 2.45) is 0 Å². The summed E-state index contributed by atoms with van der Waals surface area (Å²) in [7, 11) is 0. The maximum Gasteiger partial charge on any atom is 0.411 e. The zero-order valence-corrected chi connectivity index (χ0v) is 15.3. The second kappa shape index (κ2) is 6.94. The number of anilines is 1. The van der Waals surface area contributed by atoms with Crippen LogP contribution < -0.4 is 10.2 Å². The fourth-order valence-electron chi connectivity index (χ4n) is 3.05. The number of hydrogen-bond donors (Lipinski definition) is 1. The number of fused-ring (bicyclic) bond motifs is 3. The van der Waals surface area contributed by atoms with Gasteiger partial charge in [-0.2, -0.15) is 13.2 Å². The number of nitrogens with one attached hydrogen (secondary N) is 1. The molecule has 2 amide bonds. The van der Waals surface area contributed by atoms with Gasteiger partial charge >= 0.3 is 6.18 Å². The Labute approximate surface area is 157 Å². The van der Waals surface area contributed by atoms with Gasteiger partial charge < -0.3 is 10.1 Å². The number of alkyl halides is 3. The monoisotopic (exact) mass is 408 g/mol. The van der Waals surface area contributed by atoms with Crippen molar-refractivity contribution in [1.29, 1.82) is 0 Å². The highest BCUT2D eigenvalue weighted by atomic mass is 35.5. The number of carbonyl (C=O) groups is 2. The van der Waals surface area contributed by atoms with Crippen LogP contribution in [0.4, 0.5) is 18.9 Å². The fourth-order valence-corrected chi connectivity index (χ4v) is 4.62. The summed E-state index contributed by atoms with van der Waals surface area (Å²) in [6.07, 6.45) is -3.89. The summed E-state index contributed by atoms with van der Waals surface area (Å²) in [6, 6.07) is 4.43. The molecular weight excluding hydrogens is 393 g/mol. The van der Waals surface area contributed by atoms with Gasteiger partial charge in [0.05, 0.1) is 12.3 Å². The summed E-state index contributed by atoms with van der Waals surface area (Å²) in [5.74, 6) is -0.613. The molecule has 2 atom stereocenters. The number of ether oxygens (including phenoxy) is 1. The number of benzene rings is 1. The third-order valence-electron chi connectivity index (χ3n) is 4.09. The molecule has 1 aromatic carbocycles. The predicted octanol–water partition coefficient (Wildman–Crippen LogP) is 3.35. The lowest BCUT2D eigenvalue weighted by Crippen LogP contribution is -2.54. The van der Waals surface area contributed by atoms with Gasteiger partial charge in [0.1, 0.15) is 6.61 Å². The Hall–Kier alpha value is -1.45. The molecule has 5 nitrogen and oxygen atoms in total. The number of thioether (sulfide) groups is 1. The first-order valence-electron chi connectivity index (χ1n) is 7.89. The molecule has 0 aromatic heterocycles. The summed E-state index contributed by atoms with van der Waals surface area (Å²) in [6.45, 7) is -0.101. The highest BCUT2D eigenvalue weighted by Gasteiger charge is 2.57. The average molecular weight is 409 g/mol. The Morgan fingerprint density at radius 2 is 2.23 bits per heavy atom. The smallest absolute Gasteiger partial charge is 0.370 e. The van der Waals surface area contributed by atoms with Gasteiger partial charge in [0, 0.05) is 22.4 Å². The van der Waals surface area contributed by atoms with Crippen molar-refractivity contribution in [2.75, 3.05) is 18.1 Å². The zero-order valence-electron chi connectivity index (χ0n) is 13.7. The SMILES string of the molecule is C[C@@H](COCC(F)(F)F)NC(=O)[C@]12CCC(=O)N1c1cc(Cl)ccc1S2. The molecule has 3 rings (SSSR count). The van der Waals surface area contributed by atoms with E-state index >= 15 is 0 Å². The topological polar surface area (TPSA) is 58.6 Å². The van der Waals surface area contributed by atoms with E-state index in [1.54, 1.807) is 25.1 Å². The zero-order chi connectivity index (χ0) is 19.1. The van der Waals surface area contributed by atoms with Crippen LogP contribution in [0.3, 0.4) is 0 Å². The van der Waals surface area contributed by atoms with E-state index in [-0.39, 0.29) is 18.9 Å². The van der Waals surface area contributed by atoms with Crippen LogP contribution in [0.15, 0.2) is 23.1 Å². The number of carbonyl (C=O) groups excluding carboxylic acids is 2. The summed E-state index contributed by atoms with van der Waals surface area (Å²) in [5.41, 5.74) is 0.584. The molecule has 0 aliphatic carbocycles. The number of amides is 2. The van der Waals surface area contributed by atoms with Crippen LogP contribution in [0.25, 0.3) is 0 Å². The molecule has 2 aliphatic heterocycles. The minimum atomic E-state index is -4.42. The largest absolute Gasteiger partial charge is 0.411 e. The molecular formula is C16H16ClF3N2O3S. The highest BCUT2D eigenvalue weighted by molar-refractivity contribution is 8.02. The lowest BCUT2D eigenvalue weighted by molar-refractivity contribution is -0.175. The lowest BCUT2D eigenvalue weighted by atomic mass is 10.1. The molecule has 0 spiro atoms. The maximum absolute atomic E-state index is 12.9. The number of halogens is 4. The van der Waals surface area contributed by atoms with E-state index < -0.39 is 29.6 Å². The van der Waals surface area contributed by atoms with Crippen molar-refractivity contribution in [3.8, 4) is 0 Å². The van der Waals surface area contributed by atoms with E-state index in [0.29, 0.717) is 17.1 Å².